The summed E-state index contributed by atoms with van der Waals surface area (Å²) in [5.74, 6) is 0.738. The molecule has 0 spiro atoms. The summed E-state index contributed by atoms with van der Waals surface area (Å²) in [4.78, 5) is 21.1. The molecule has 3 aromatic heterocycles. The van der Waals surface area contributed by atoms with Crippen molar-refractivity contribution < 1.29 is 4.79 Å². The molecule has 4 aromatic rings. The number of carbonyl (C=O) groups excluding carboxylic acids is 1. The Labute approximate surface area is 185 Å². The molecular formula is C22H27N9O. The lowest BCUT2D eigenvalue weighted by Gasteiger charge is -2.10. The highest BCUT2D eigenvalue weighted by molar-refractivity contribution is 5.90. The van der Waals surface area contributed by atoms with Crippen molar-refractivity contribution in [3.8, 4) is 0 Å². The average Bonchev–Trinajstić information content (AvgIpc) is 3.32. The lowest BCUT2D eigenvalue weighted by molar-refractivity contribution is -0.120. The van der Waals surface area contributed by atoms with Gasteiger partial charge < -0.3 is 26.7 Å². The fraction of sp³-hybridized carbons (Fsp3) is 0.273. The quantitative estimate of drug-likeness (QED) is 0.312. The lowest BCUT2D eigenvalue weighted by atomic mass is 10.2. The summed E-state index contributed by atoms with van der Waals surface area (Å²) in [5, 5.41) is 11.5. The number of amides is 1. The molecule has 0 saturated carbocycles. The molecule has 0 saturated heterocycles. The van der Waals surface area contributed by atoms with Gasteiger partial charge in [-0.1, -0.05) is 0 Å². The zero-order valence-electron chi connectivity index (χ0n) is 18.2. The highest BCUT2D eigenvalue weighted by atomic mass is 16.1. The van der Waals surface area contributed by atoms with E-state index in [1.807, 2.05) is 65.7 Å². The molecule has 0 unspecified atom stereocenters. The zero-order chi connectivity index (χ0) is 22.7. The van der Waals surface area contributed by atoms with Crippen molar-refractivity contribution in [3.63, 3.8) is 0 Å². The first-order valence-corrected chi connectivity index (χ1v) is 10.5. The first-order valence-electron chi connectivity index (χ1n) is 10.5. The number of nitrogens with zero attached hydrogens (tertiary/aromatic N) is 5. The van der Waals surface area contributed by atoms with Crippen molar-refractivity contribution >= 4 is 40.1 Å². The van der Waals surface area contributed by atoms with Gasteiger partial charge in [0.15, 0.2) is 0 Å². The van der Waals surface area contributed by atoms with Crippen LogP contribution in [0.25, 0.3) is 11.0 Å². The van der Waals surface area contributed by atoms with Crippen LogP contribution in [0.1, 0.15) is 18.3 Å². The zero-order valence-corrected chi connectivity index (χ0v) is 18.2. The minimum Gasteiger partial charge on any atom is -0.399 e. The van der Waals surface area contributed by atoms with Crippen LogP contribution in [0.4, 0.5) is 23.1 Å². The van der Waals surface area contributed by atoms with Crippen LogP contribution in [0, 0.1) is 6.92 Å². The second kappa shape index (κ2) is 8.96. The van der Waals surface area contributed by atoms with Gasteiger partial charge in [0.2, 0.25) is 11.9 Å². The number of rotatable bonds is 8. The summed E-state index contributed by atoms with van der Waals surface area (Å²) in [7, 11) is 0. The van der Waals surface area contributed by atoms with Crippen LogP contribution in [0.5, 0.6) is 0 Å². The second-order valence-corrected chi connectivity index (χ2v) is 7.54. The monoisotopic (exact) mass is 433 g/mol. The molecule has 10 nitrogen and oxygen atoms in total. The molecule has 0 radical (unpaired) electrons. The maximum absolute atomic E-state index is 12.4. The molecule has 1 amide bonds. The largest absolute Gasteiger partial charge is 0.399 e. The Morgan fingerprint density at radius 1 is 1.12 bits per heavy atom. The molecule has 0 fully saturated rings. The van der Waals surface area contributed by atoms with Gasteiger partial charge in [0.05, 0.1) is 17.5 Å². The Hall–Kier alpha value is -4.08. The van der Waals surface area contributed by atoms with Crippen LogP contribution >= 0.6 is 0 Å². The van der Waals surface area contributed by atoms with Gasteiger partial charge in [-0.2, -0.15) is 15.1 Å². The van der Waals surface area contributed by atoms with E-state index in [9.17, 15) is 4.79 Å². The third kappa shape index (κ3) is 4.64. The Morgan fingerprint density at radius 2 is 1.91 bits per heavy atom. The molecule has 0 aliphatic carbocycles. The third-order valence-corrected chi connectivity index (χ3v) is 5.11. The van der Waals surface area contributed by atoms with Gasteiger partial charge in [0.25, 0.3) is 0 Å². The molecule has 1 aromatic carbocycles. The van der Waals surface area contributed by atoms with Gasteiger partial charge in [-0.05, 0) is 50.2 Å². The first kappa shape index (κ1) is 21.2. The first-order chi connectivity index (χ1) is 15.4. The number of anilines is 4. The highest BCUT2D eigenvalue weighted by Crippen LogP contribution is 2.26. The van der Waals surface area contributed by atoms with Crippen LogP contribution in [-0.2, 0) is 24.3 Å². The number of benzene rings is 1. The fourth-order valence-electron chi connectivity index (χ4n) is 3.62. The minimum absolute atomic E-state index is 0.0455. The van der Waals surface area contributed by atoms with E-state index in [0.717, 1.165) is 29.0 Å². The third-order valence-electron chi connectivity index (χ3n) is 5.11. The molecule has 0 aliphatic rings. The average molecular weight is 434 g/mol. The van der Waals surface area contributed by atoms with Gasteiger partial charge in [0, 0.05) is 42.9 Å². The number of aromatic nitrogens is 5. The van der Waals surface area contributed by atoms with Gasteiger partial charge in [-0.15, -0.1) is 0 Å². The van der Waals surface area contributed by atoms with E-state index >= 15 is 0 Å². The van der Waals surface area contributed by atoms with Crippen molar-refractivity contribution in [2.24, 2.45) is 0 Å². The van der Waals surface area contributed by atoms with Crippen LogP contribution in [-0.4, -0.2) is 36.8 Å². The summed E-state index contributed by atoms with van der Waals surface area (Å²) < 4.78 is 3.80. The Morgan fingerprint density at radius 3 is 2.66 bits per heavy atom. The number of hydrogen-bond acceptors (Lipinski definition) is 7. The summed E-state index contributed by atoms with van der Waals surface area (Å²) in [5.41, 5.74) is 15.8. The van der Waals surface area contributed by atoms with Gasteiger partial charge in [0.1, 0.15) is 11.5 Å². The summed E-state index contributed by atoms with van der Waals surface area (Å²) in [6.45, 7) is 5.69. The van der Waals surface area contributed by atoms with Crippen LogP contribution in [0.3, 0.4) is 0 Å². The van der Waals surface area contributed by atoms with E-state index in [1.165, 1.54) is 0 Å². The lowest BCUT2D eigenvalue weighted by Crippen LogP contribution is -2.29. The SMILES string of the molecule is CCn1nc(C)cc1CC(=O)NCCn1ccc2c(Nc3ccc(N)cc3)nc(N)nc21. The minimum atomic E-state index is -0.0455. The number of aryl methyl sites for hydroxylation is 2. The Bertz CT molecular complexity index is 1240. The molecule has 166 valence electrons. The van der Waals surface area contributed by atoms with Crippen molar-refractivity contribution in [1.82, 2.24) is 29.6 Å². The molecule has 32 heavy (non-hydrogen) atoms. The summed E-state index contributed by atoms with van der Waals surface area (Å²) in [6, 6.07) is 11.2. The van der Waals surface area contributed by atoms with Crippen LogP contribution in [0.2, 0.25) is 0 Å². The van der Waals surface area contributed by atoms with E-state index in [-0.39, 0.29) is 11.9 Å². The summed E-state index contributed by atoms with van der Waals surface area (Å²) in [6.07, 6.45) is 2.21. The molecule has 6 N–H and O–H groups in total. The predicted molar refractivity (Wildman–Crippen MR) is 125 cm³/mol. The molecule has 3 heterocycles. The van der Waals surface area contributed by atoms with Crippen molar-refractivity contribution in [1.29, 1.82) is 0 Å². The van der Waals surface area contributed by atoms with E-state index in [0.29, 0.717) is 36.7 Å². The number of nitrogens with two attached hydrogens (primary N) is 2. The summed E-state index contributed by atoms with van der Waals surface area (Å²) >= 11 is 0. The molecule has 4 rings (SSSR count). The molecule has 0 atom stereocenters. The smallest absolute Gasteiger partial charge is 0.226 e. The molecular weight excluding hydrogens is 406 g/mol. The van der Waals surface area contributed by atoms with Crippen LogP contribution < -0.4 is 22.1 Å². The van der Waals surface area contributed by atoms with Gasteiger partial charge >= 0.3 is 0 Å². The Balaban J connectivity index is 1.43. The normalized spacial score (nSPS) is 11.1. The van der Waals surface area contributed by atoms with E-state index < -0.39 is 0 Å². The number of nitrogen functional groups attached to an aromatic ring is 2. The van der Waals surface area contributed by atoms with E-state index in [1.54, 1.807) is 0 Å². The molecule has 0 aliphatic heterocycles. The van der Waals surface area contributed by atoms with Crippen molar-refractivity contribution in [3.05, 3.63) is 54.0 Å². The molecule has 0 bridgehead atoms. The number of nitrogens with one attached hydrogen (secondary N) is 2. The standard InChI is InChI=1S/C22H27N9O/c1-3-31-17(12-14(2)29-31)13-19(32)25-9-11-30-10-8-18-20(27-22(24)28-21(18)30)26-16-6-4-15(23)5-7-16/h4-8,10,12H,3,9,11,13,23H2,1-2H3,(H,25,32)(H3,24,26,27,28). The maximum Gasteiger partial charge on any atom is 0.226 e. The number of hydrogen-bond donors (Lipinski definition) is 4. The predicted octanol–water partition coefficient (Wildman–Crippen LogP) is 2.22. The van der Waals surface area contributed by atoms with Crippen molar-refractivity contribution in [2.75, 3.05) is 23.3 Å². The van der Waals surface area contributed by atoms with Gasteiger partial charge in [-0.3, -0.25) is 9.48 Å². The van der Waals surface area contributed by atoms with Gasteiger partial charge in [-0.25, -0.2) is 0 Å². The van der Waals surface area contributed by atoms with Crippen LogP contribution in [0.15, 0.2) is 42.6 Å². The number of carbonyl (C=O) groups is 1. The van der Waals surface area contributed by atoms with E-state index in [4.69, 9.17) is 11.5 Å². The van der Waals surface area contributed by atoms with Crippen molar-refractivity contribution in [2.45, 2.75) is 33.4 Å². The maximum atomic E-state index is 12.4. The second-order valence-electron chi connectivity index (χ2n) is 7.54. The highest BCUT2D eigenvalue weighted by Gasteiger charge is 2.12. The topological polar surface area (TPSA) is 142 Å². The number of fused-ring (bicyclic) bond motifs is 1. The Kier molecular flexibility index (Phi) is 5.93. The fourth-order valence-corrected chi connectivity index (χ4v) is 3.62. The molecule has 10 heteroatoms. The van der Waals surface area contributed by atoms with E-state index in [2.05, 4.69) is 25.7 Å².